The van der Waals surface area contributed by atoms with Crippen LogP contribution in [0.4, 0.5) is 4.79 Å². The number of piperidine rings is 1. The van der Waals surface area contributed by atoms with Crippen LogP contribution >= 0.6 is 0 Å². The Hall–Kier alpha value is -2.37. The summed E-state index contributed by atoms with van der Waals surface area (Å²) >= 11 is 0. The molecule has 2 rings (SSSR count). The molecule has 0 aromatic heterocycles. The molecule has 6 nitrogen and oxygen atoms in total. The smallest absolute Gasteiger partial charge is 0.408 e. The van der Waals surface area contributed by atoms with Gasteiger partial charge in [-0.15, -0.1) is 0 Å². The molecule has 1 fully saturated rings. The van der Waals surface area contributed by atoms with E-state index in [9.17, 15) is 14.4 Å². The third-order valence-corrected chi connectivity index (χ3v) is 3.67. The van der Waals surface area contributed by atoms with E-state index in [4.69, 9.17) is 4.74 Å². The summed E-state index contributed by atoms with van der Waals surface area (Å²) in [7, 11) is 0. The van der Waals surface area contributed by atoms with Gasteiger partial charge in [-0.05, 0) is 39.2 Å². The summed E-state index contributed by atoms with van der Waals surface area (Å²) in [6.07, 6.45) is 0.496. The number of ether oxygens (including phenoxy) is 1. The molecule has 1 aliphatic heterocycles. The van der Waals surface area contributed by atoms with Crippen molar-refractivity contribution in [1.29, 1.82) is 0 Å². The van der Waals surface area contributed by atoms with Crippen LogP contribution in [0, 0.1) is 0 Å². The van der Waals surface area contributed by atoms with E-state index in [1.165, 1.54) is 4.90 Å². The van der Waals surface area contributed by atoms with Crippen molar-refractivity contribution in [1.82, 2.24) is 10.2 Å². The molecule has 6 heteroatoms. The van der Waals surface area contributed by atoms with Gasteiger partial charge in [0.2, 0.25) is 5.91 Å². The van der Waals surface area contributed by atoms with Crippen LogP contribution < -0.4 is 5.32 Å². The number of hydrogen-bond acceptors (Lipinski definition) is 4. The monoisotopic (exact) mass is 332 g/mol. The van der Waals surface area contributed by atoms with Gasteiger partial charge in [0.25, 0.3) is 5.91 Å². The number of rotatable bonds is 4. The van der Waals surface area contributed by atoms with Crippen LogP contribution in [0.2, 0.25) is 0 Å². The summed E-state index contributed by atoms with van der Waals surface area (Å²) in [4.78, 5) is 37.6. The zero-order valence-electron chi connectivity index (χ0n) is 14.4. The second-order valence-corrected chi connectivity index (χ2v) is 6.86. The van der Waals surface area contributed by atoms with Crippen LogP contribution in [-0.4, -0.2) is 41.0 Å². The SMILES string of the molecule is CC(C)(C)OC(=O)NC1CCC(=O)N(CCc2ccccc2)C1=O. The first kappa shape index (κ1) is 18.0. The summed E-state index contributed by atoms with van der Waals surface area (Å²) in [6.45, 7) is 5.58. The number of benzene rings is 1. The lowest BCUT2D eigenvalue weighted by molar-refractivity contribution is -0.149. The maximum Gasteiger partial charge on any atom is 0.408 e. The Kier molecular flexibility index (Phi) is 5.59. The van der Waals surface area contributed by atoms with E-state index in [-0.39, 0.29) is 18.2 Å². The lowest BCUT2D eigenvalue weighted by atomic mass is 10.0. The Morgan fingerprint density at radius 2 is 1.92 bits per heavy atom. The highest BCUT2D eigenvalue weighted by molar-refractivity contribution is 6.01. The van der Waals surface area contributed by atoms with Gasteiger partial charge in [0.05, 0.1) is 0 Å². The minimum absolute atomic E-state index is 0.196. The molecule has 0 bridgehead atoms. The molecule has 0 spiro atoms. The zero-order valence-corrected chi connectivity index (χ0v) is 14.4. The second-order valence-electron chi connectivity index (χ2n) is 6.86. The molecule has 1 aliphatic rings. The van der Waals surface area contributed by atoms with Gasteiger partial charge in [-0.25, -0.2) is 4.79 Å². The predicted octanol–water partition coefficient (Wildman–Crippen LogP) is 2.27. The number of alkyl carbamates (subject to hydrolysis) is 1. The number of likely N-dealkylation sites (tertiary alicyclic amines) is 1. The number of amides is 3. The molecule has 1 heterocycles. The Balaban J connectivity index is 1.95. The maximum absolute atomic E-state index is 12.5. The van der Waals surface area contributed by atoms with Crippen molar-refractivity contribution in [3.63, 3.8) is 0 Å². The summed E-state index contributed by atoms with van der Waals surface area (Å²) in [5, 5.41) is 2.57. The van der Waals surface area contributed by atoms with Crippen molar-refractivity contribution in [2.24, 2.45) is 0 Å². The lowest BCUT2D eigenvalue weighted by Crippen LogP contribution is -2.55. The standard InChI is InChI=1S/C18H24N2O4/c1-18(2,3)24-17(23)19-14-9-10-15(21)20(16(14)22)12-11-13-7-5-4-6-8-13/h4-8,14H,9-12H2,1-3H3,(H,19,23). The van der Waals surface area contributed by atoms with Gasteiger partial charge in [0, 0.05) is 13.0 Å². The van der Waals surface area contributed by atoms with Crippen molar-refractivity contribution in [2.45, 2.75) is 51.7 Å². The fourth-order valence-electron chi connectivity index (χ4n) is 2.54. The molecule has 1 saturated heterocycles. The number of imide groups is 1. The van der Waals surface area contributed by atoms with Crippen molar-refractivity contribution < 1.29 is 19.1 Å². The largest absolute Gasteiger partial charge is 0.444 e. The number of carbonyl (C=O) groups excluding carboxylic acids is 3. The molecule has 1 N–H and O–H groups in total. The first-order chi connectivity index (χ1) is 11.3. The molecule has 3 amide bonds. The van der Waals surface area contributed by atoms with Crippen molar-refractivity contribution in [3.05, 3.63) is 35.9 Å². The highest BCUT2D eigenvalue weighted by Gasteiger charge is 2.35. The van der Waals surface area contributed by atoms with Crippen molar-refractivity contribution >= 4 is 17.9 Å². The fourth-order valence-corrected chi connectivity index (χ4v) is 2.54. The van der Waals surface area contributed by atoms with Gasteiger partial charge in [-0.2, -0.15) is 0 Å². The van der Waals surface area contributed by atoms with Crippen molar-refractivity contribution in [2.75, 3.05) is 6.54 Å². The molecular formula is C18H24N2O4. The van der Waals surface area contributed by atoms with E-state index in [0.29, 0.717) is 19.4 Å². The fraction of sp³-hybridized carbons (Fsp3) is 0.500. The Labute approximate surface area is 142 Å². The van der Waals surface area contributed by atoms with Crippen LogP contribution in [-0.2, 0) is 20.7 Å². The Bertz CT molecular complexity index is 607. The summed E-state index contributed by atoms with van der Waals surface area (Å²) in [6, 6.07) is 8.95. The molecule has 0 saturated carbocycles. The van der Waals surface area contributed by atoms with Gasteiger partial charge in [-0.1, -0.05) is 30.3 Å². The molecule has 130 valence electrons. The van der Waals surface area contributed by atoms with Crippen LogP contribution in [0.25, 0.3) is 0 Å². The molecule has 1 unspecified atom stereocenters. The molecule has 1 atom stereocenters. The summed E-state index contributed by atoms with van der Waals surface area (Å²) in [5.41, 5.74) is 0.422. The third kappa shape index (κ3) is 5.08. The third-order valence-electron chi connectivity index (χ3n) is 3.67. The minimum atomic E-state index is -0.715. The Morgan fingerprint density at radius 3 is 2.54 bits per heavy atom. The Morgan fingerprint density at radius 1 is 1.25 bits per heavy atom. The average Bonchev–Trinajstić information content (AvgIpc) is 2.49. The molecule has 1 aromatic carbocycles. The second kappa shape index (κ2) is 7.47. The number of nitrogens with one attached hydrogen (secondary N) is 1. The first-order valence-corrected chi connectivity index (χ1v) is 8.14. The predicted molar refractivity (Wildman–Crippen MR) is 89.3 cm³/mol. The highest BCUT2D eigenvalue weighted by Crippen LogP contribution is 2.15. The van der Waals surface area contributed by atoms with E-state index in [2.05, 4.69) is 5.32 Å². The van der Waals surface area contributed by atoms with Crippen LogP contribution in [0.1, 0.15) is 39.2 Å². The minimum Gasteiger partial charge on any atom is -0.444 e. The van der Waals surface area contributed by atoms with Crippen molar-refractivity contribution in [3.8, 4) is 0 Å². The number of nitrogens with zero attached hydrogens (tertiary/aromatic N) is 1. The number of hydrogen-bond donors (Lipinski definition) is 1. The molecular weight excluding hydrogens is 308 g/mol. The van der Waals surface area contributed by atoms with Gasteiger partial charge in [0.1, 0.15) is 11.6 Å². The van der Waals surface area contributed by atoms with Crippen LogP contribution in [0.15, 0.2) is 30.3 Å². The van der Waals surface area contributed by atoms with Gasteiger partial charge in [0.15, 0.2) is 0 Å². The summed E-state index contributed by atoms with van der Waals surface area (Å²) < 4.78 is 5.17. The normalized spacial score (nSPS) is 18.5. The van der Waals surface area contributed by atoms with Gasteiger partial charge >= 0.3 is 6.09 Å². The molecule has 24 heavy (non-hydrogen) atoms. The maximum atomic E-state index is 12.5. The van der Waals surface area contributed by atoms with E-state index in [1.807, 2.05) is 30.3 Å². The van der Waals surface area contributed by atoms with E-state index in [1.54, 1.807) is 20.8 Å². The molecule has 0 radical (unpaired) electrons. The zero-order chi connectivity index (χ0) is 17.7. The van der Waals surface area contributed by atoms with Gasteiger partial charge < -0.3 is 10.1 Å². The quantitative estimate of drug-likeness (QED) is 0.858. The average molecular weight is 332 g/mol. The highest BCUT2D eigenvalue weighted by atomic mass is 16.6. The van der Waals surface area contributed by atoms with E-state index in [0.717, 1.165) is 5.56 Å². The van der Waals surface area contributed by atoms with Gasteiger partial charge in [-0.3, -0.25) is 14.5 Å². The lowest BCUT2D eigenvalue weighted by Gasteiger charge is -2.31. The first-order valence-electron chi connectivity index (χ1n) is 8.14. The van der Waals surface area contributed by atoms with E-state index >= 15 is 0 Å². The topological polar surface area (TPSA) is 75.7 Å². The van der Waals surface area contributed by atoms with Crippen LogP contribution in [0.3, 0.4) is 0 Å². The molecule has 0 aliphatic carbocycles. The van der Waals surface area contributed by atoms with Crippen LogP contribution in [0.5, 0.6) is 0 Å². The number of carbonyl (C=O) groups is 3. The molecule has 1 aromatic rings. The summed E-state index contributed by atoms with van der Waals surface area (Å²) in [5.74, 6) is -0.564. The van der Waals surface area contributed by atoms with E-state index < -0.39 is 17.7 Å².